The molecule has 0 aromatic rings. The molecule has 4 amide bonds. The molecule has 0 bridgehead atoms. The second-order valence-electron chi connectivity index (χ2n) is 15.4. The Balaban J connectivity index is 1.85. The number of hydrogen-bond donors (Lipinski definition) is 5. The third-order valence-electron chi connectivity index (χ3n) is 10.5. The molecule has 11 heteroatoms. The van der Waals surface area contributed by atoms with E-state index in [0.717, 1.165) is 36.8 Å². The normalized spacial score (nSPS) is 22.4. The van der Waals surface area contributed by atoms with Gasteiger partial charge in [0, 0.05) is 18.8 Å². The van der Waals surface area contributed by atoms with E-state index in [2.05, 4.69) is 61.4 Å². The fraction of sp³-hybridized carbons (Fsp3) is 0.641. The van der Waals surface area contributed by atoms with Crippen LogP contribution in [-0.2, 0) is 19.1 Å². The number of allylic oxidation sites excluding steroid dienone is 4. The van der Waals surface area contributed by atoms with Crippen LogP contribution in [0.15, 0.2) is 61.2 Å². The lowest BCUT2D eigenvalue weighted by Gasteiger charge is -2.36. The topological polar surface area (TPSA) is 155 Å². The molecule has 1 aliphatic heterocycles. The van der Waals surface area contributed by atoms with E-state index in [0.29, 0.717) is 55.8 Å². The lowest BCUT2D eigenvalue weighted by molar-refractivity contribution is -0.137. The Bertz CT molecular complexity index is 1330. The van der Waals surface area contributed by atoms with E-state index < -0.39 is 41.9 Å². The Hall–Kier alpha value is -4.02. The van der Waals surface area contributed by atoms with Crippen molar-refractivity contribution in [3.05, 3.63) is 61.2 Å². The molecule has 11 nitrogen and oxygen atoms in total. The molecule has 50 heavy (non-hydrogen) atoms. The number of fused-ring (bicyclic) bond motifs is 1. The zero-order chi connectivity index (χ0) is 37.3. The largest absolute Gasteiger partial charge is 0.477 e. The number of ketones is 1. The quantitative estimate of drug-likeness (QED) is 0.0852. The highest BCUT2D eigenvalue weighted by Crippen LogP contribution is 2.51. The number of primary amides is 1. The van der Waals surface area contributed by atoms with Gasteiger partial charge in [-0.15, -0.1) is 0 Å². The van der Waals surface area contributed by atoms with Crippen LogP contribution < -0.4 is 27.0 Å². The van der Waals surface area contributed by atoms with Crippen molar-refractivity contribution in [3.8, 4) is 0 Å². The third-order valence-corrected chi connectivity index (χ3v) is 10.5. The van der Waals surface area contributed by atoms with Crippen LogP contribution in [0.1, 0.15) is 86.5 Å². The summed E-state index contributed by atoms with van der Waals surface area (Å²) in [6.45, 7) is 29.7. The molecule has 1 heterocycles. The molecule has 1 saturated carbocycles. The molecular formula is C39H62N6O5. The number of likely N-dealkylation sites (tertiary alicyclic amines) is 1. The molecule has 0 radical (unpaired) electrons. The molecule has 2 aliphatic carbocycles. The monoisotopic (exact) mass is 694 g/mol. The predicted molar refractivity (Wildman–Crippen MR) is 198 cm³/mol. The molecule has 0 aromatic heterocycles. The lowest BCUT2D eigenvalue weighted by atomic mass is 9.87. The maximum Gasteiger partial charge on any atom is 0.315 e. The number of nitrogens with one attached hydrogen (secondary N) is 4. The van der Waals surface area contributed by atoms with Crippen molar-refractivity contribution in [2.75, 3.05) is 19.7 Å². The zero-order valence-corrected chi connectivity index (χ0v) is 31.2. The minimum absolute atomic E-state index is 0.179. The minimum atomic E-state index is -0.993. The molecule has 7 atom stereocenters. The van der Waals surface area contributed by atoms with E-state index in [1.807, 2.05) is 27.7 Å². The summed E-state index contributed by atoms with van der Waals surface area (Å²) in [5.41, 5.74) is 7.62. The van der Waals surface area contributed by atoms with Crippen LogP contribution in [0.2, 0.25) is 0 Å². The highest BCUT2D eigenvalue weighted by Gasteiger charge is 2.56. The van der Waals surface area contributed by atoms with E-state index >= 15 is 0 Å². The number of Topliss-reactive ketones (excluding diaryl/α,β-unsaturated/α-hetero) is 1. The predicted octanol–water partition coefficient (Wildman–Crippen LogP) is 4.83. The standard InChI is InChI=1S/C39H62N6O5/c1-11-15-23(5)16-17-31(35(46)36(40)47)42-24(6)34-30-20-29(30)21-45(34)37(48)33(28-18-26(12-2)27(13-3)19-28)44-38(49)43-32(39(8,9)10)22-50-25(7)41-14-4/h12-13,23,28-34,41-42H,2-3,6-7,11,14-22H2,1,4-5,8-10H3,(H2,40,47)(H2,43,44,49)/t23?,29-,30-,31?,32?,33?,34?/m0/s1. The van der Waals surface area contributed by atoms with Crippen LogP contribution in [0.5, 0.6) is 0 Å². The van der Waals surface area contributed by atoms with E-state index in [1.54, 1.807) is 17.1 Å². The van der Waals surface area contributed by atoms with Crippen LogP contribution in [0.3, 0.4) is 0 Å². The number of ether oxygens (including phenoxy) is 1. The number of nitrogens with two attached hydrogens (primary N) is 1. The number of urea groups is 1. The maximum absolute atomic E-state index is 14.7. The third kappa shape index (κ3) is 10.5. The number of rotatable bonds is 21. The van der Waals surface area contributed by atoms with Gasteiger partial charge < -0.3 is 36.6 Å². The van der Waals surface area contributed by atoms with Crippen LogP contribution in [-0.4, -0.2) is 72.4 Å². The number of amides is 4. The van der Waals surface area contributed by atoms with Gasteiger partial charge in [-0.1, -0.05) is 79.3 Å². The summed E-state index contributed by atoms with van der Waals surface area (Å²) in [4.78, 5) is 55.2. The molecule has 2 fully saturated rings. The fourth-order valence-electron chi connectivity index (χ4n) is 7.38. The lowest BCUT2D eigenvalue weighted by Crippen LogP contribution is -2.59. The van der Waals surface area contributed by atoms with Gasteiger partial charge in [-0.3, -0.25) is 14.4 Å². The van der Waals surface area contributed by atoms with E-state index in [4.69, 9.17) is 10.5 Å². The van der Waals surface area contributed by atoms with Gasteiger partial charge in [0.2, 0.25) is 11.7 Å². The van der Waals surface area contributed by atoms with Gasteiger partial charge in [0.15, 0.2) is 5.88 Å². The van der Waals surface area contributed by atoms with E-state index in [9.17, 15) is 19.2 Å². The van der Waals surface area contributed by atoms with Crippen LogP contribution in [0.25, 0.3) is 0 Å². The molecule has 6 N–H and O–H groups in total. The molecule has 1 saturated heterocycles. The van der Waals surface area contributed by atoms with Gasteiger partial charge in [-0.2, -0.15) is 0 Å². The second kappa shape index (κ2) is 17.8. The maximum atomic E-state index is 14.7. The summed E-state index contributed by atoms with van der Waals surface area (Å²) in [6, 6.07) is -2.93. The first kappa shape index (κ1) is 40.4. The van der Waals surface area contributed by atoms with Crippen LogP contribution in [0, 0.1) is 29.1 Å². The van der Waals surface area contributed by atoms with Gasteiger partial charge in [0.05, 0.1) is 18.1 Å². The van der Waals surface area contributed by atoms with Crippen molar-refractivity contribution >= 4 is 23.6 Å². The Labute approximate surface area is 299 Å². The average molecular weight is 695 g/mol. The molecule has 5 unspecified atom stereocenters. The fourth-order valence-corrected chi connectivity index (χ4v) is 7.38. The van der Waals surface area contributed by atoms with Crippen molar-refractivity contribution in [2.24, 2.45) is 34.8 Å². The van der Waals surface area contributed by atoms with E-state index in [1.165, 1.54) is 0 Å². The number of carbonyl (C=O) groups is 4. The Morgan fingerprint density at radius 3 is 2.18 bits per heavy atom. The van der Waals surface area contributed by atoms with Gasteiger partial charge in [0.1, 0.15) is 12.6 Å². The summed E-state index contributed by atoms with van der Waals surface area (Å²) in [6.07, 6.45) is 8.87. The van der Waals surface area contributed by atoms with Crippen LogP contribution >= 0.6 is 0 Å². The van der Waals surface area contributed by atoms with Crippen molar-refractivity contribution in [1.82, 2.24) is 26.2 Å². The first-order chi connectivity index (χ1) is 23.6. The number of nitrogens with zero attached hydrogens (tertiary/aromatic N) is 1. The Morgan fingerprint density at radius 2 is 1.64 bits per heavy atom. The van der Waals surface area contributed by atoms with Crippen molar-refractivity contribution in [1.29, 1.82) is 0 Å². The summed E-state index contributed by atoms with van der Waals surface area (Å²) in [5, 5.41) is 12.4. The molecule has 278 valence electrons. The first-order valence-corrected chi connectivity index (χ1v) is 18.2. The van der Waals surface area contributed by atoms with Crippen molar-refractivity contribution in [3.63, 3.8) is 0 Å². The van der Waals surface area contributed by atoms with Gasteiger partial charge in [0.25, 0.3) is 5.91 Å². The second-order valence-corrected chi connectivity index (χ2v) is 15.4. The molecule has 3 aliphatic rings. The van der Waals surface area contributed by atoms with Crippen molar-refractivity contribution in [2.45, 2.75) is 111 Å². The number of hydrogen-bond acceptors (Lipinski definition) is 7. The smallest absolute Gasteiger partial charge is 0.315 e. The average Bonchev–Trinajstić information content (AvgIpc) is 3.51. The molecule has 0 aromatic carbocycles. The molecule has 0 spiro atoms. The zero-order valence-electron chi connectivity index (χ0n) is 31.2. The molecule has 3 rings (SSSR count). The summed E-state index contributed by atoms with van der Waals surface area (Å²) in [5.74, 6) is -0.839. The van der Waals surface area contributed by atoms with E-state index in [-0.39, 0.29) is 29.8 Å². The summed E-state index contributed by atoms with van der Waals surface area (Å²) >= 11 is 0. The number of piperidine rings is 1. The highest BCUT2D eigenvalue weighted by molar-refractivity contribution is 6.37. The summed E-state index contributed by atoms with van der Waals surface area (Å²) in [7, 11) is 0. The Kier molecular flexibility index (Phi) is 14.4. The molecular weight excluding hydrogens is 632 g/mol. The van der Waals surface area contributed by atoms with Crippen LogP contribution in [0.4, 0.5) is 4.79 Å². The van der Waals surface area contributed by atoms with Gasteiger partial charge in [-0.05, 0) is 85.8 Å². The summed E-state index contributed by atoms with van der Waals surface area (Å²) < 4.78 is 5.80. The van der Waals surface area contributed by atoms with Gasteiger partial charge >= 0.3 is 6.03 Å². The minimum Gasteiger partial charge on any atom is -0.477 e. The number of carbonyl (C=O) groups excluding carboxylic acids is 4. The first-order valence-electron chi connectivity index (χ1n) is 18.2. The Morgan fingerprint density at radius 1 is 1.00 bits per heavy atom. The van der Waals surface area contributed by atoms with Gasteiger partial charge in [-0.25, -0.2) is 4.79 Å². The SMILES string of the molecule is C=CC1=C(C=C)CC(C(NC(=O)NC(COC(=C)NCC)C(C)(C)C)C(=O)N2C[C@@H]3C[C@@H]3C2C(=C)NC(CCC(C)CCC)C(=O)C(N)=O)C1. The van der Waals surface area contributed by atoms with Crippen molar-refractivity contribution < 1.29 is 23.9 Å². The highest BCUT2D eigenvalue weighted by atomic mass is 16.5.